The summed E-state index contributed by atoms with van der Waals surface area (Å²) in [6.07, 6.45) is -0.528. The van der Waals surface area contributed by atoms with E-state index in [1.807, 2.05) is 103 Å². The number of carbonyl (C=O) groups excluding carboxylic acids is 3. The number of halogens is 1. The van der Waals surface area contributed by atoms with Crippen LogP contribution in [0.15, 0.2) is 132 Å². The molecular weight excluding hydrogens is 799 g/mol. The van der Waals surface area contributed by atoms with Crippen LogP contribution >= 0.6 is 15.9 Å². The Morgan fingerprint density at radius 3 is 2.23 bits per heavy atom. The maximum Gasteiger partial charge on any atom is 0.264 e. The second kappa shape index (κ2) is 16.8. The maximum absolute atomic E-state index is 15.3. The molecule has 2 N–H and O–H groups in total. The molecule has 57 heavy (non-hydrogen) atoms. The summed E-state index contributed by atoms with van der Waals surface area (Å²) in [5, 5.41) is 14.1. The Morgan fingerprint density at radius 2 is 1.58 bits per heavy atom. The SMILES string of the molecule is COc1ccc([Si](C)(C)[C@H]2[C@H](CC(=O)N(CCO)Cc3ccccc3)O[C@@]3(C(=O)N(Cc4ccc(NC(=O)c5ccccc5)cc4)c4ccc(Br)cc43)[C@@H]2C)cc1. The number of rotatable bonds is 13. The van der Waals surface area contributed by atoms with Crippen LogP contribution in [0.1, 0.15) is 40.4 Å². The minimum atomic E-state index is -2.52. The summed E-state index contributed by atoms with van der Waals surface area (Å²) in [5.74, 6) is -0.0470. The van der Waals surface area contributed by atoms with Gasteiger partial charge in [-0.3, -0.25) is 14.4 Å². The molecular formula is C46H48BrN3O6Si. The van der Waals surface area contributed by atoms with Crippen molar-refractivity contribution in [1.82, 2.24) is 4.90 Å². The van der Waals surface area contributed by atoms with E-state index < -0.39 is 19.8 Å². The number of amides is 3. The van der Waals surface area contributed by atoms with Gasteiger partial charge >= 0.3 is 0 Å². The zero-order chi connectivity index (χ0) is 40.3. The predicted octanol–water partition coefficient (Wildman–Crippen LogP) is 7.88. The van der Waals surface area contributed by atoms with Crippen LogP contribution < -0.4 is 20.1 Å². The molecule has 7 rings (SSSR count). The van der Waals surface area contributed by atoms with Crippen LogP contribution in [0.2, 0.25) is 18.6 Å². The van der Waals surface area contributed by atoms with E-state index in [1.165, 1.54) is 5.19 Å². The van der Waals surface area contributed by atoms with Gasteiger partial charge in [-0.1, -0.05) is 114 Å². The minimum absolute atomic E-state index is 0.0585. The average molecular weight is 847 g/mol. The lowest BCUT2D eigenvalue weighted by molar-refractivity contribution is -0.150. The normalized spacial score (nSPS) is 20.1. The quantitative estimate of drug-likeness (QED) is 0.117. The molecule has 3 amide bonds. The van der Waals surface area contributed by atoms with Crippen molar-refractivity contribution in [2.24, 2.45) is 5.92 Å². The molecule has 1 spiro atoms. The number of aliphatic hydroxyl groups excluding tert-OH is 1. The standard InChI is InChI=1S/C46H48BrN3O6Si/c1-31-43(57(3,4)38-22-20-37(55-2)21-23-38)41(28-42(52)49(25-26-51)29-32-11-7-5-8-12-32)56-46(31)39-27-35(47)17-24-40(39)50(45(46)54)30-33-15-18-36(19-16-33)48-44(53)34-13-9-6-10-14-34/h5-24,27,31,41,43,51H,25-26,28-30H2,1-4H3,(H,48,53)/t31-,41+,43-,46+/m1/s1. The van der Waals surface area contributed by atoms with Crippen molar-refractivity contribution in [3.8, 4) is 5.75 Å². The summed E-state index contributed by atoms with van der Waals surface area (Å²) >= 11 is 3.69. The van der Waals surface area contributed by atoms with Crippen LogP contribution in [0, 0.1) is 5.92 Å². The van der Waals surface area contributed by atoms with Crippen LogP contribution in [-0.2, 0) is 33.0 Å². The molecule has 2 aliphatic rings. The first-order valence-electron chi connectivity index (χ1n) is 19.3. The van der Waals surface area contributed by atoms with Crippen LogP contribution in [-0.4, -0.2) is 62.2 Å². The van der Waals surface area contributed by atoms with Gasteiger partial charge in [0.25, 0.3) is 11.8 Å². The zero-order valence-electron chi connectivity index (χ0n) is 32.7. The van der Waals surface area contributed by atoms with Gasteiger partial charge in [0.05, 0.1) is 46.5 Å². The highest BCUT2D eigenvalue weighted by molar-refractivity contribution is 9.10. The molecule has 11 heteroatoms. The number of benzene rings is 5. The minimum Gasteiger partial charge on any atom is -0.497 e. The Morgan fingerprint density at radius 1 is 0.912 bits per heavy atom. The lowest BCUT2D eigenvalue weighted by atomic mass is 9.82. The van der Waals surface area contributed by atoms with Crippen LogP contribution in [0.4, 0.5) is 11.4 Å². The van der Waals surface area contributed by atoms with Gasteiger partial charge in [-0.15, -0.1) is 0 Å². The average Bonchev–Trinajstić information content (AvgIpc) is 3.64. The fraction of sp³-hybridized carbons (Fsp3) is 0.283. The lowest BCUT2D eigenvalue weighted by Crippen LogP contribution is -2.52. The fourth-order valence-corrected chi connectivity index (χ4v) is 13.2. The predicted molar refractivity (Wildman–Crippen MR) is 229 cm³/mol. The van der Waals surface area contributed by atoms with Gasteiger partial charge in [0.15, 0.2) is 5.60 Å². The highest BCUT2D eigenvalue weighted by atomic mass is 79.9. The molecule has 2 heterocycles. The third kappa shape index (κ3) is 7.94. The summed E-state index contributed by atoms with van der Waals surface area (Å²) < 4.78 is 13.6. The van der Waals surface area contributed by atoms with Crippen molar-refractivity contribution in [3.05, 3.63) is 154 Å². The zero-order valence-corrected chi connectivity index (χ0v) is 35.2. The van der Waals surface area contributed by atoms with Gasteiger partial charge in [-0.05, 0) is 71.3 Å². The Hall–Kier alpha value is -5.07. The van der Waals surface area contributed by atoms with Gasteiger partial charge in [0.2, 0.25) is 5.91 Å². The summed E-state index contributed by atoms with van der Waals surface area (Å²) in [4.78, 5) is 45.9. The summed E-state index contributed by atoms with van der Waals surface area (Å²) in [6.45, 7) is 7.35. The number of ether oxygens (including phenoxy) is 2. The summed E-state index contributed by atoms with van der Waals surface area (Å²) in [5.41, 5.74) is 3.10. The number of carbonyl (C=O) groups is 3. The highest BCUT2D eigenvalue weighted by Crippen LogP contribution is 2.60. The number of nitrogens with one attached hydrogen (secondary N) is 1. The smallest absolute Gasteiger partial charge is 0.264 e. The molecule has 0 aliphatic carbocycles. The number of hydrogen-bond acceptors (Lipinski definition) is 6. The molecule has 0 unspecified atom stereocenters. The van der Waals surface area contributed by atoms with Crippen LogP contribution in [0.5, 0.6) is 5.75 Å². The molecule has 0 bridgehead atoms. The summed E-state index contributed by atoms with van der Waals surface area (Å²) in [7, 11) is -0.871. The molecule has 9 nitrogen and oxygen atoms in total. The molecule has 4 atom stereocenters. The number of hydrogen-bond donors (Lipinski definition) is 2. The molecule has 0 radical (unpaired) electrons. The van der Waals surface area contributed by atoms with Gasteiger partial charge in [-0.25, -0.2) is 0 Å². The Labute approximate surface area is 343 Å². The van der Waals surface area contributed by atoms with Gasteiger partial charge in [0, 0.05) is 40.3 Å². The lowest BCUT2D eigenvalue weighted by Gasteiger charge is -2.37. The third-order valence-corrected chi connectivity index (χ3v) is 16.6. The van der Waals surface area contributed by atoms with Gasteiger partial charge in [-0.2, -0.15) is 0 Å². The van der Waals surface area contributed by atoms with Crippen molar-refractivity contribution in [1.29, 1.82) is 0 Å². The number of nitrogens with zero attached hydrogens (tertiary/aromatic N) is 2. The summed E-state index contributed by atoms with van der Waals surface area (Å²) in [6, 6.07) is 40.4. The van der Waals surface area contributed by atoms with E-state index in [4.69, 9.17) is 9.47 Å². The van der Waals surface area contributed by atoms with E-state index in [9.17, 15) is 14.7 Å². The van der Waals surface area contributed by atoms with E-state index in [2.05, 4.69) is 53.4 Å². The third-order valence-electron chi connectivity index (χ3n) is 11.7. The van der Waals surface area contributed by atoms with E-state index in [0.29, 0.717) is 17.8 Å². The fourth-order valence-electron chi connectivity index (χ4n) is 8.83. The van der Waals surface area contributed by atoms with E-state index >= 15 is 4.79 Å². The topological polar surface area (TPSA) is 108 Å². The molecule has 2 aliphatic heterocycles. The van der Waals surface area contributed by atoms with Crippen LogP contribution in [0.25, 0.3) is 0 Å². The molecule has 0 saturated carbocycles. The highest BCUT2D eigenvalue weighted by Gasteiger charge is 2.66. The molecule has 5 aromatic rings. The maximum atomic E-state index is 15.3. The first kappa shape index (κ1) is 40.1. The Bertz CT molecular complexity index is 2220. The number of methoxy groups -OCH3 is 1. The van der Waals surface area contributed by atoms with Crippen molar-refractivity contribution in [2.45, 2.75) is 56.8 Å². The second-order valence-corrected chi connectivity index (χ2v) is 21.1. The molecule has 5 aromatic carbocycles. The molecule has 1 saturated heterocycles. The van der Waals surface area contributed by atoms with E-state index in [0.717, 1.165) is 32.6 Å². The van der Waals surface area contributed by atoms with Crippen molar-refractivity contribution >= 4 is 58.3 Å². The Balaban J connectivity index is 1.23. The Kier molecular flexibility index (Phi) is 11.8. The van der Waals surface area contributed by atoms with Crippen molar-refractivity contribution in [3.63, 3.8) is 0 Å². The van der Waals surface area contributed by atoms with Crippen molar-refractivity contribution < 1.29 is 29.0 Å². The molecule has 1 fully saturated rings. The first-order valence-corrected chi connectivity index (χ1v) is 23.2. The van der Waals surface area contributed by atoms with Crippen molar-refractivity contribution in [2.75, 3.05) is 30.5 Å². The first-order chi connectivity index (χ1) is 27.5. The van der Waals surface area contributed by atoms with Gasteiger partial charge < -0.3 is 29.7 Å². The van der Waals surface area contributed by atoms with Gasteiger partial charge in [0.1, 0.15) is 5.75 Å². The van der Waals surface area contributed by atoms with Crippen LogP contribution in [0.3, 0.4) is 0 Å². The molecule has 294 valence electrons. The molecule has 0 aromatic heterocycles. The monoisotopic (exact) mass is 845 g/mol. The second-order valence-electron chi connectivity index (χ2n) is 15.5. The number of aliphatic hydroxyl groups is 1. The van der Waals surface area contributed by atoms with E-state index in [-0.39, 0.29) is 55.3 Å². The van der Waals surface area contributed by atoms with E-state index in [1.54, 1.807) is 29.0 Å². The number of anilines is 2. The largest absolute Gasteiger partial charge is 0.497 e. The number of fused-ring (bicyclic) bond motifs is 2.